The van der Waals surface area contributed by atoms with E-state index in [1.807, 2.05) is 13.0 Å². The Morgan fingerprint density at radius 3 is 2.52 bits per heavy atom. The molecule has 0 aromatic heterocycles. The van der Waals surface area contributed by atoms with E-state index in [1.165, 1.54) is 29.5 Å². The third kappa shape index (κ3) is 3.85. The summed E-state index contributed by atoms with van der Waals surface area (Å²) in [6, 6.07) is 17.0. The highest BCUT2D eigenvalue weighted by molar-refractivity contribution is 5.65. The number of nitrogens with two attached hydrogens (primary N) is 1. The Labute approximate surface area is 126 Å². The Bertz CT molecular complexity index is 588. The number of ether oxygens (including phenoxy) is 1. The van der Waals surface area contributed by atoms with Gasteiger partial charge < -0.3 is 10.5 Å². The molecule has 2 N–H and O–H groups in total. The van der Waals surface area contributed by atoms with Gasteiger partial charge in [-0.15, -0.1) is 0 Å². The van der Waals surface area contributed by atoms with Crippen LogP contribution in [0.3, 0.4) is 0 Å². The summed E-state index contributed by atoms with van der Waals surface area (Å²) in [7, 11) is 0. The van der Waals surface area contributed by atoms with Gasteiger partial charge in [0.2, 0.25) is 0 Å². The molecule has 0 saturated heterocycles. The standard InChI is InChI=1S/C19H23NO/c1-14(20)11-18-12-17(16-5-3-2-4-6-16)9-10-19(18)21-13-15-7-8-15/h2-6,9-10,12,14-15H,7-8,11,13,20H2,1H3. The minimum absolute atomic E-state index is 0.138. The number of hydrogen-bond donors (Lipinski definition) is 1. The lowest BCUT2D eigenvalue weighted by atomic mass is 9.99. The largest absolute Gasteiger partial charge is 0.493 e. The van der Waals surface area contributed by atoms with Crippen molar-refractivity contribution in [2.75, 3.05) is 6.61 Å². The van der Waals surface area contributed by atoms with Crippen molar-refractivity contribution in [3.63, 3.8) is 0 Å². The molecule has 0 spiro atoms. The van der Waals surface area contributed by atoms with Crippen LogP contribution < -0.4 is 10.5 Å². The number of hydrogen-bond acceptors (Lipinski definition) is 2. The van der Waals surface area contributed by atoms with Gasteiger partial charge in [0.25, 0.3) is 0 Å². The van der Waals surface area contributed by atoms with Gasteiger partial charge in [0.1, 0.15) is 5.75 Å². The SMILES string of the molecule is CC(N)Cc1cc(-c2ccccc2)ccc1OCC1CC1. The van der Waals surface area contributed by atoms with Gasteiger partial charge in [0.15, 0.2) is 0 Å². The summed E-state index contributed by atoms with van der Waals surface area (Å²) in [6.07, 6.45) is 3.47. The average Bonchev–Trinajstić information content (AvgIpc) is 3.30. The van der Waals surface area contributed by atoms with Gasteiger partial charge in [-0.25, -0.2) is 0 Å². The van der Waals surface area contributed by atoms with Gasteiger partial charge in [0, 0.05) is 6.04 Å². The van der Waals surface area contributed by atoms with Crippen LogP contribution in [-0.2, 0) is 6.42 Å². The van der Waals surface area contributed by atoms with Crippen molar-refractivity contribution in [3.8, 4) is 16.9 Å². The quantitative estimate of drug-likeness (QED) is 0.867. The van der Waals surface area contributed by atoms with E-state index in [-0.39, 0.29) is 6.04 Å². The molecule has 2 aromatic carbocycles. The highest BCUT2D eigenvalue weighted by Crippen LogP contribution is 2.32. The first-order chi connectivity index (χ1) is 10.2. The van der Waals surface area contributed by atoms with Gasteiger partial charge in [-0.1, -0.05) is 36.4 Å². The van der Waals surface area contributed by atoms with Crippen LogP contribution in [0.25, 0.3) is 11.1 Å². The second-order valence-corrected chi connectivity index (χ2v) is 6.12. The average molecular weight is 281 g/mol. The predicted octanol–water partition coefficient (Wildman–Crippen LogP) is 4.03. The number of benzene rings is 2. The van der Waals surface area contributed by atoms with E-state index < -0.39 is 0 Å². The van der Waals surface area contributed by atoms with Crippen molar-refractivity contribution in [2.45, 2.75) is 32.2 Å². The molecule has 0 amide bonds. The van der Waals surface area contributed by atoms with Crippen molar-refractivity contribution in [3.05, 3.63) is 54.1 Å². The first kappa shape index (κ1) is 14.2. The molecule has 2 nitrogen and oxygen atoms in total. The van der Waals surface area contributed by atoms with E-state index in [4.69, 9.17) is 10.5 Å². The normalized spacial score (nSPS) is 15.7. The maximum absolute atomic E-state index is 6.00. The first-order valence-electron chi connectivity index (χ1n) is 7.79. The zero-order valence-corrected chi connectivity index (χ0v) is 12.6. The van der Waals surface area contributed by atoms with Crippen LogP contribution in [0.2, 0.25) is 0 Å². The lowest BCUT2D eigenvalue weighted by molar-refractivity contribution is 0.296. The molecule has 2 heteroatoms. The molecule has 1 saturated carbocycles. The summed E-state index contributed by atoms with van der Waals surface area (Å²) in [6.45, 7) is 2.89. The van der Waals surface area contributed by atoms with Crippen LogP contribution in [-0.4, -0.2) is 12.6 Å². The van der Waals surface area contributed by atoms with Crippen molar-refractivity contribution < 1.29 is 4.74 Å². The lowest BCUT2D eigenvalue weighted by Crippen LogP contribution is -2.18. The van der Waals surface area contributed by atoms with Gasteiger partial charge in [-0.3, -0.25) is 0 Å². The molecule has 0 radical (unpaired) electrons. The third-order valence-electron chi connectivity index (χ3n) is 3.88. The summed E-state index contributed by atoms with van der Waals surface area (Å²) in [5.41, 5.74) is 9.67. The third-order valence-corrected chi connectivity index (χ3v) is 3.88. The predicted molar refractivity (Wildman–Crippen MR) is 87.5 cm³/mol. The molecule has 0 bridgehead atoms. The van der Waals surface area contributed by atoms with E-state index in [0.717, 1.165) is 24.7 Å². The molecule has 1 aliphatic carbocycles. The Morgan fingerprint density at radius 1 is 1.10 bits per heavy atom. The minimum Gasteiger partial charge on any atom is -0.493 e. The zero-order valence-electron chi connectivity index (χ0n) is 12.6. The summed E-state index contributed by atoms with van der Waals surface area (Å²) in [5, 5.41) is 0. The maximum Gasteiger partial charge on any atom is 0.122 e. The summed E-state index contributed by atoms with van der Waals surface area (Å²) < 4.78 is 6.00. The van der Waals surface area contributed by atoms with Crippen molar-refractivity contribution in [1.82, 2.24) is 0 Å². The fourth-order valence-corrected chi connectivity index (χ4v) is 2.53. The van der Waals surface area contributed by atoms with Crippen LogP contribution in [0.5, 0.6) is 5.75 Å². The van der Waals surface area contributed by atoms with Crippen molar-refractivity contribution >= 4 is 0 Å². The molecule has 0 heterocycles. The van der Waals surface area contributed by atoms with Crippen LogP contribution in [0.1, 0.15) is 25.3 Å². The minimum atomic E-state index is 0.138. The second kappa shape index (κ2) is 6.31. The Balaban J connectivity index is 1.85. The monoisotopic (exact) mass is 281 g/mol. The first-order valence-corrected chi connectivity index (χ1v) is 7.79. The van der Waals surface area contributed by atoms with Crippen molar-refractivity contribution in [1.29, 1.82) is 0 Å². The fraction of sp³-hybridized carbons (Fsp3) is 0.368. The highest BCUT2D eigenvalue weighted by atomic mass is 16.5. The Hall–Kier alpha value is -1.80. The second-order valence-electron chi connectivity index (χ2n) is 6.12. The number of rotatable bonds is 6. The molecule has 1 unspecified atom stereocenters. The van der Waals surface area contributed by atoms with E-state index >= 15 is 0 Å². The van der Waals surface area contributed by atoms with E-state index in [0.29, 0.717) is 0 Å². The smallest absolute Gasteiger partial charge is 0.122 e. The van der Waals surface area contributed by atoms with Gasteiger partial charge >= 0.3 is 0 Å². The van der Waals surface area contributed by atoms with Crippen LogP contribution in [0, 0.1) is 5.92 Å². The zero-order chi connectivity index (χ0) is 14.7. The van der Waals surface area contributed by atoms with Gasteiger partial charge in [-0.2, -0.15) is 0 Å². The van der Waals surface area contributed by atoms with Crippen LogP contribution in [0.4, 0.5) is 0 Å². The fourth-order valence-electron chi connectivity index (χ4n) is 2.53. The highest BCUT2D eigenvalue weighted by Gasteiger charge is 2.22. The van der Waals surface area contributed by atoms with Crippen LogP contribution in [0.15, 0.2) is 48.5 Å². The van der Waals surface area contributed by atoms with E-state index in [9.17, 15) is 0 Å². The molecular weight excluding hydrogens is 258 g/mol. The molecule has 1 atom stereocenters. The summed E-state index contributed by atoms with van der Waals surface area (Å²) in [5.74, 6) is 1.76. The topological polar surface area (TPSA) is 35.2 Å². The van der Waals surface area contributed by atoms with Gasteiger partial charge in [-0.05, 0) is 60.9 Å². The maximum atomic E-state index is 6.00. The van der Waals surface area contributed by atoms with Crippen LogP contribution >= 0.6 is 0 Å². The molecule has 3 rings (SSSR count). The molecule has 1 fully saturated rings. The van der Waals surface area contributed by atoms with Crippen molar-refractivity contribution in [2.24, 2.45) is 11.7 Å². The summed E-state index contributed by atoms with van der Waals surface area (Å²) >= 11 is 0. The molecule has 21 heavy (non-hydrogen) atoms. The Kier molecular flexibility index (Phi) is 4.26. The molecule has 0 aliphatic heterocycles. The summed E-state index contributed by atoms with van der Waals surface area (Å²) in [4.78, 5) is 0. The van der Waals surface area contributed by atoms with E-state index in [2.05, 4.69) is 42.5 Å². The molecule has 2 aromatic rings. The Morgan fingerprint density at radius 2 is 1.86 bits per heavy atom. The lowest BCUT2D eigenvalue weighted by Gasteiger charge is -2.15. The van der Waals surface area contributed by atoms with E-state index in [1.54, 1.807) is 0 Å². The molecule has 110 valence electrons. The molecular formula is C19H23NO. The van der Waals surface area contributed by atoms with Gasteiger partial charge in [0.05, 0.1) is 6.61 Å². The molecule has 1 aliphatic rings.